The molecule has 2 N–H and O–H groups in total. The number of pyridine rings is 1. The van der Waals surface area contributed by atoms with E-state index in [2.05, 4.69) is 76.2 Å². The zero-order valence-corrected chi connectivity index (χ0v) is 14.9. The van der Waals surface area contributed by atoms with Crippen molar-refractivity contribution < 1.29 is 0 Å². The van der Waals surface area contributed by atoms with Crippen LogP contribution in [0.1, 0.15) is 11.1 Å². The van der Waals surface area contributed by atoms with Gasteiger partial charge in [-0.25, -0.2) is 4.98 Å². The second kappa shape index (κ2) is 6.61. The molecule has 0 unspecified atom stereocenters. The molecule has 5 heteroatoms. The predicted molar refractivity (Wildman–Crippen MR) is 105 cm³/mol. The second-order valence-electron chi connectivity index (χ2n) is 6.05. The first kappa shape index (κ1) is 15.7. The first-order chi connectivity index (χ1) is 12.2. The molecular formula is C20H18N4S. The van der Waals surface area contributed by atoms with E-state index in [-0.39, 0.29) is 0 Å². The maximum absolute atomic E-state index is 4.68. The summed E-state index contributed by atoms with van der Waals surface area (Å²) in [5.74, 6) is 0. The van der Waals surface area contributed by atoms with Crippen LogP contribution in [0, 0.1) is 13.8 Å². The standard InChI is InChI=1S/C20H18N4S/c1-13-4-3-5-16(10-13)25-24-15-6-7-17(14(2)11-15)18-8-9-19-20(22-18)12-21-23-19/h3-12,24H,1-2H3,(H,21,23). The molecule has 0 saturated heterocycles. The molecule has 0 aliphatic heterocycles. The fraction of sp³-hybridized carbons (Fsp3) is 0.100. The topological polar surface area (TPSA) is 53.6 Å². The molecule has 0 spiro atoms. The maximum atomic E-state index is 4.68. The molecule has 2 aromatic heterocycles. The smallest absolute Gasteiger partial charge is 0.109 e. The molecule has 4 aromatic rings. The zero-order valence-electron chi connectivity index (χ0n) is 14.1. The highest BCUT2D eigenvalue weighted by atomic mass is 32.2. The predicted octanol–water partition coefficient (Wildman–Crippen LogP) is 5.36. The van der Waals surface area contributed by atoms with E-state index in [9.17, 15) is 0 Å². The summed E-state index contributed by atoms with van der Waals surface area (Å²) in [4.78, 5) is 5.88. The lowest BCUT2D eigenvalue weighted by atomic mass is 10.0. The molecular weight excluding hydrogens is 328 g/mol. The number of aromatic nitrogens is 3. The van der Waals surface area contributed by atoms with Crippen LogP contribution in [0.5, 0.6) is 0 Å². The summed E-state index contributed by atoms with van der Waals surface area (Å²) in [5, 5.41) is 6.96. The van der Waals surface area contributed by atoms with Crippen LogP contribution in [0.3, 0.4) is 0 Å². The van der Waals surface area contributed by atoms with Gasteiger partial charge in [-0.1, -0.05) is 18.2 Å². The lowest BCUT2D eigenvalue weighted by Gasteiger charge is -2.10. The number of benzene rings is 2. The maximum Gasteiger partial charge on any atom is 0.109 e. The largest absolute Gasteiger partial charge is 0.326 e. The molecule has 124 valence electrons. The number of aromatic amines is 1. The monoisotopic (exact) mass is 346 g/mol. The van der Waals surface area contributed by atoms with E-state index in [1.165, 1.54) is 16.0 Å². The van der Waals surface area contributed by atoms with Gasteiger partial charge < -0.3 is 4.72 Å². The Morgan fingerprint density at radius 1 is 1.00 bits per heavy atom. The van der Waals surface area contributed by atoms with E-state index in [4.69, 9.17) is 0 Å². The van der Waals surface area contributed by atoms with Crippen molar-refractivity contribution in [1.29, 1.82) is 0 Å². The van der Waals surface area contributed by atoms with Gasteiger partial charge in [0.15, 0.2) is 0 Å². The van der Waals surface area contributed by atoms with Gasteiger partial charge in [0, 0.05) is 16.1 Å². The molecule has 25 heavy (non-hydrogen) atoms. The van der Waals surface area contributed by atoms with Crippen molar-refractivity contribution in [3.63, 3.8) is 0 Å². The number of nitrogens with zero attached hydrogens (tertiary/aromatic N) is 2. The van der Waals surface area contributed by atoms with E-state index in [1.54, 1.807) is 18.1 Å². The van der Waals surface area contributed by atoms with Crippen molar-refractivity contribution in [2.24, 2.45) is 0 Å². The van der Waals surface area contributed by atoms with Crippen molar-refractivity contribution in [2.75, 3.05) is 4.72 Å². The van der Waals surface area contributed by atoms with Gasteiger partial charge >= 0.3 is 0 Å². The summed E-state index contributed by atoms with van der Waals surface area (Å²) in [6, 6.07) is 18.9. The van der Waals surface area contributed by atoms with Gasteiger partial charge in [0.1, 0.15) is 5.52 Å². The molecule has 0 aliphatic carbocycles. The summed E-state index contributed by atoms with van der Waals surface area (Å²) >= 11 is 1.62. The fourth-order valence-corrected chi connectivity index (χ4v) is 3.55. The lowest BCUT2D eigenvalue weighted by Crippen LogP contribution is -1.91. The van der Waals surface area contributed by atoms with Gasteiger partial charge in [-0.3, -0.25) is 5.10 Å². The Bertz CT molecular complexity index is 1040. The summed E-state index contributed by atoms with van der Waals surface area (Å²) in [6.45, 7) is 4.21. The third kappa shape index (κ3) is 3.37. The van der Waals surface area contributed by atoms with Gasteiger partial charge in [0.05, 0.1) is 17.4 Å². The quantitative estimate of drug-likeness (QED) is 0.488. The van der Waals surface area contributed by atoms with Crippen LogP contribution in [0.4, 0.5) is 5.69 Å². The zero-order chi connectivity index (χ0) is 17.2. The lowest BCUT2D eigenvalue weighted by molar-refractivity contribution is 1.12. The highest BCUT2D eigenvalue weighted by molar-refractivity contribution is 8.00. The SMILES string of the molecule is Cc1cccc(SNc2ccc(-c3ccc4[nH]ncc4n3)c(C)c2)c1. The number of hydrogen-bond acceptors (Lipinski definition) is 4. The third-order valence-electron chi connectivity index (χ3n) is 4.08. The first-order valence-electron chi connectivity index (χ1n) is 8.10. The van der Waals surface area contributed by atoms with Crippen molar-refractivity contribution >= 4 is 28.7 Å². The fourth-order valence-electron chi connectivity index (χ4n) is 2.79. The Morgan fingerprint density at radius 2 is 1.92 bits per heavy atom. The van der Waals surface area contributed by atoms with Crippen LogP contribution in [-0.2, 0) is 0 Å². The Kier molecular flexibility index (Phi) is 4.15. The molecule has 4 rings (SSSR count). The summed E-state index contributed by atoms with van der Waals surface area (Å²) in [6.07, 6.45) is 1.75. The Morgan fingerprint density at radius 3 is 2.76 bits per heavy atom. The van der Waals surface area contributed by atoms with Crippen LogP contribution < -0.4 is 4.72 Å². The van der Waals surface area contributed by atoms with Crippen LogP contribution >= 0.6 is 11.9 Å². The van der Waals surface area contributed by atoms with Crippen molar-refractivity contribution in [3.05, 3.63) is 71.9 Å². The van der Waals surface area contributed by atoms with Gasteiger partial charge in [0.2, 0.25) is 0 Å². The molecule has 0 saturated carbocycles. The summed E-state index contributed by atoms with van der Waals surface area (Å²) in [7, 11) is 0. The average Bonchev–Trinajstić information content (AvgIpc) is 3.08. The Balaban J connectivity index is 1.55. The summed E-state index contributed by atoms with van der Waals surface area (Å²) in [5.41, 5.74) is 7.46. The minimum atomic E-state index is 0.883. The molecule has 2 heterocycles. The van der Waals surface area contributed by atoms with E-state index in [1.807, 2.05) is 12.1 Å². The van der Waals surface area contributed by atoms with Crippen LogP contribution in [0.2, 0.25) is 0 Å². The third-order valence-corrected chi connectivity index (χ3v) is 4.90. The van der Waals surface area contributed by atoms with Crippen molar-refractivity contribution in [3.8, 4) is 11.3 Å². The number of nitrogens with one attached hydrogen (secondary N) is 2. The van der Waals surface area contributed by atoms with Gasteiger partial charge in [-0.05, 0) is 73.3 Å². The van der Waals surface area contributed by atoms with Gasteiger partial charge in [-0.15, -0.1) is 0 Å². The second-order valence-corrected chi connectivity index (χ2v) is 6.93. The molecule has 0 radical (unpaired) electrons. The number of rotatable bonds is 4. The molecule has 0 fully saturated rings. The minimum Gasteiger partial charge on any atom is -0.326 e. The minimum absolute atomic E-state index is 0.883. The molecule has 0 atom stereocenters. The molecule has 2 aromatic carbocycles. The Labute approximate surface area is 150 Å². The normalized spacial score (nSPS) is 11.0. The Hall–Kier alpha value is -2.79. The van der Waals surface area contributed by atoms with E-state index >= 15 is 0 Å². The summed E-state index contributed by atoms with van der Waals surface area (Å²) < 4.78 is 3.41. The molecule has 0 amide bonds. The van der Waals surface area contributed by atoms with E-state index < -0.39 is 0 Å². The molecule has 0 aliphatic rings. The van der Waals surface area contributed by atoms with Crippen LogP contribution in [0.15, 0.2) is 65.7 Å². The number of aryl methyl sites for hydroxylation is 2. The molecule has 0 bridgehead atoms. The number of fused-ring (bicyclic) bond motifs is 1. The van der Waals surface area contributed by atoms with E-state index in [0.717, 1.165) is 28.0 Å². The highest BCUT2D eigenvalue weighted by Gasteiger charge is 2.07. The average molecular weight is 346 g/mol. The van der Waals surface area contributed by atoms with Crippen LogP contribution in [-0.4, -0.2) is 15.2 Å². The van der Waals surface area contributed by atoms with Crippen molar-refractivity contribution in [1.82, 2.24) is 15.2 Å². The number of H-pyrrole nitrogens is 1. The number of hydrogen-bond donors (Lipinski definition) is 2. The highest BCUT2D eigenvalue weighted by Crippen LogP contribution is 2.28. The van der Waals surface area contributed by atoms with E-state index in [0.29, 0.717) is 0 Å². The first-order valence-corrected chi connectivity index (χ1v) is 8.91. The van der Waals surface area contributed by atoms with Gasteiger partial charge in [-0.2, -0.15) is 5.10 Å². The van der Waals surface area contributed by atoms with Crippen LogP contribution in [0.25, 0.3) is 22.3 Å². The molecule has 4 nitrogen and oxygen atoms in total. The van der Waals surface area contributed by atoms with Crippen molar-refractivity contribution in [2.45, 2.75) is 18.7 Å². The van der Waals surface area contributed by atoms with Gasteiger partial charge in [0.25, 0.3) is 0 Å². The number of anilines is 1.